The van der Waals surface area contributed by atoms with Crippen LogP contribution in [0.1, 0.15) is 22.3 Å². The summed E-state index contributed by atoms with van der Waals surface area (Å²) < 4.78 is 0. The number of aromatic nitrogens is 1. The fourth-order valence-electron chi connectivity index (χ4n) is 1.72. The van der Waals surface area contributed by atoms with Crippen molar-refractivity contribution in [3.8, 4) is 0 Å². The molecule has 0 amide bonds. The summed E-state index contributed by atoms with van der Waals surface area (Å²) >= 11 is 0. The van der Waals surface area contributed by atoms with E-state index in [2.05, 4.69) is 4.98 Å². The van der Waals surface area contributed by atoms with E-state index in [-0.39, 0.29) is 85.5 Å². The Morgan fingerprint density at radius 3 is 2.20 bits per heavy atom. The van der Waals surface area contributed by atoms with E-state index in [1.54, 1.807) is 32.2 Å². The van der Waals surface area contributed by atoms with E-state index in [4.69, 9.17) is 10.2 Å². The van der Waals surface area contributed by atoms with Gasteiger partial charge in [0.15, 0.2) is 0 Å². The normalized spacial score (nSPS) is 10.9. The van der Waals surface area contributed by atoms with Crippen LogP contribution in [-0.2, 0) is 16.0 Å². The molecule has 0 aromatic carbocycles. The zero-order valence-electron chi connectivity index (χ0n) is 14.3. The van der Waals surface area contributed by atoms with Gasteiger partial charge in [-0.15, -0.1) is 0 Å². The molecular formula is C13H17NNa2O4. The molecule has 20 heavy (non-hydrogen) atoms. The number of pyridine rings is 1. The molecule has 0 aliphatic carbocycles. The van der Waals surface area contributed by atoms with Crippen LogP contribution in [0.5, 0.6) is 0 Å². The Morgan fingerprint density at radius 2 is 1.85 bits per heavy atom. The summed E-state index contributed by atoms with van der Waals surface area (Å²) in [6.07, 6.45) is 3.17. The first-order chi connectivity index (χ1) is 8.43. The molecule has 1 heterocycles. The number of aliphatic carboxylic acids is 2. The molecule has 0 unspecified atom stereocenters. The van der Waals surface area contributed by atoms with Crippen molar-refractivity contribution < 1.29 is 81.8 Å². The maximum Gasteiger partial charge on any atom is 1.00 e. The van der Waals surface area contributed by atoms with Crippen LogP contribution in [-0.4, -0.2) is 27.1 Å². The summed E-state index contributed by atoms with van der Waals surface area (Å²) in [7, 11) is 0. The van der Waals surface area contributed by atoms with Gasteiger partial charge in [-0.05, 0) is 17.5 Å². The number of carbonyl (C=O) groups is 2. The maximum atomic E-state index is 11.2. The molecule has 0 aliphatic heterocycles. The Balaban J connectivity index is -0.000000405. The Morgan fingerprint density at radius 1 is 1.25 bits per heavy atom. The average molecular weight is 297 g/mol. The zero-order chi connectivity index (χ0) is 13.7. The molecule has 0 saturated heterocycles. The predicted octanol–water partition coefficient (Wildman–Crippen LogP) is -4.02. The predicted molar refractivity (Wildman–Crippen MR) is 67.3 cm³/mol. The second kappa shape index (κ2) is 10.5. The molecule has 0 aliphatic rings. The van der Waals surface area contributed by atoms with E-state index in [0.717, 1.165) is 0 Å². The van der Waals surface area contributed by atoms with Gasteiger partial charge in [-0.3, -0.25) is 4.98 Å². The van der Waals surface area contributed by atoms with Gasteiger partial charge in [0.1, 0.15) is 0 Å². The third-order valence-corrected chi connectivity index (χ3v) is 2.49. The van der Waals surface area contributed by atoms with Crippen LogP contribution < -0.4 is 59.1 Å². The summed E-state index contributed by atoms with van der Waals surface area (Å²) in [6.45, 7) is 3.32. The molecular weight excluding hydrogens is 280 g/mol. The molecule has 1 aromatic rings. The van der Waals surface area contributed by atoms with Crippen LogP contribution in [0.3, 0.4) is 0 Å². The van der Waals surface area contributed by atoms with Gasteiger partial charge >= 0.3 is 71.1 Å². The minimum Gasteiger partial charge on any atom is -1.00 e. The fraction of sp³-hybridized carbons (Fsp3) is 0.308. The molecule has 0 spiro atoms. The van der Waals surface area contributed by atoms with Gasteiger partial charge in [0.05, 0.1) is 11.1 Å². The summed E-state index contributed by atoms with van der Waals surface area (Å²) in [5, 5.41) is 18.3. The van der Waals surface area contributed by atoms with Crippen molar-refractivity contribution in [2.75, 3.05) is 0 Å². The first-order valence-corrected chi connectivity index (χ1v) is 5.52. The molecule has 5 nitrogen and oxygen atoms in total. The minimum atomic E-state index is -1.20. The zero-order valence-corrected chi connectivity index (χ0v) is 16.3. The van der Waals surface area contributed by atoms with Crippen molar-refractivity contribution in [2.45, 2.75) is 20.3 Å². The molecule has 2 N–H and O–H groups in total. The minimum absolute atomic E-state index is 0. The van der Waals surface area contributed by atoms with Crippen molar-refractivity contribution >= 4 is 11.9 Å². The number of rotatable bonds is 5. The third kappa shape index (κ3) is 6.52. The van der Waals surface area contributed by atoms with E-state index in [1.165, 1.54) is 6.20 Å². The number of hydrogen-bond acceptors (Lipinski definition) is 3. The van der Waals surface area contributed by atoms with Gasteiger partial charge in [-0.1, -0.05) is 19.9 Å². The van der Waals surface area contributed by atoms with E-state index >= 15 is 0 Å². The van der Waals surface area contributed by atoms with E-state index < -0.39 is 11.9 Å². The fourth-order valence-corrected chi connectivity index (χ4v) is 1.72. The SMILES string of the molecule is CC(C)/C(C(=O)O)=C(\Cc1cccnc1)C(=O)O.[H-].[H-].[Na+].[Na+]. The quantitative estimate of drug-likeness (QED) is 0.427. The van der Waals surface area contributed by atoms with E-state index in [1.807, 2.05) is 0 Å². The second-order valence-corrected chi connectivity index (χ2v) is 4.20. The maximum absolute atomic E-state index is 11.2. The number of carboxylic acids is 2. The van der Waals surface area contributed by atoms with Gasteiger partial charge in [0, 0.05) is 18.8 Å². The summed E-state index contributed by atoms with van der Waals surface area (Å²) in [4.78, 5) is 26.2. The third-order valence-electron chi connectivity index (χ3n) is 2.49. The summed E-state index contributed by atoms with van der Waals surface area (Å²) in [5.41, 5.74) is 0.520. The molecule has 100 valence electrons. The molecule has 7 heteroatoms. The van der Waals surface area contributed by atoms with Crippen LogP contribution in [0.25, 0.3) is 0 Å². The molecule has 1 aromatic heterocycles. The molecule has 1 rings (SSSR count). The van der Waals surface area contributed by atoms with E-state index in [0.29, 0.717) is 5.56 Å². The Bertz CT molecular complexity index is 496. The smallest absolute Gasteiger partial charge is 1.00 e. The average Bonchev–Trinajstić information content (AvgIpc) is 2.28. The Kier molecular flexibility index (Phi) is 11.7. The van der Waals surface area contributed by atoms with Gasteiger partial charge in [-0.2, -0.15) is 0 Å². The number of nitrogens with zero attached hydrogens (tertiary/aromatic N) is 1. The molecule has 0 fully saturated rings. The van der Waals surface area contributed by atoms with Gasteiger partial charge in [0.2, 0.25) is 0 Å². The first-order valence-electron chi connectivity index (χ1n) is 5.52. The Labute approximate surface area is 165 Å². The van der Waals surface area contributed by atoms with Gasteiger partial charge in [-0.25, -0.2) is 9.59 Å². The van der Waals surface area contributed by atoms with Crippen molar-refractivity contribution in [3.05, 3.63) is 41.2 Å². The molecule has 0 radical (unpaired) electrons. The topological polar surface area (TPSA) is 87.5 Å². The number of hydrogen-bond donors (Lipinski definition) is 2. The van der Waals surface area contributed by atoms with E-state index in [9.17, 15) is 9.59 Å². The van der Waals surface area contributed by atoms with Gasteiger partial charge in [0.25, 0.3) is 0 Å². The summed E-state index contributed by atoms with van der Waals surface area (Å²) in [6, 6.07) is 3.40. The van der Waals surface area contributed by atoms with Crippen LogP contribution in [0.4, 0.5) is 0 Å². The Hall–Kier alpha value is -0.170. The second-order valence-electron chi connectivity index (χ2n) is 4.20. The van der Waals surface area contributed by atoms with Crippen LogP contribution in [0.15, 0.2) is 35.7 Å². The molecule has 0 bridgehead atoms. The van der Waals surface area contributed by atoms with Crippen LogP contribution in [0.2, 0.25) is 0 Å². The number of carboxylic acid groups (broad SMARTS) is 2. The summed E-state index contributed by atoms with van der Waals surface area (Å²) in [5.74, 6) is -2.75. The van der Waals surface area contributed by atoms with Crippen molar-refractivity contribution in [2.24, 2.45) is 5.92 Å². The van der Waals surface area contributed by atoms with Crippen molar-refractivity contribution in [1.82, 2.24) is 4.98 Å². The monoisotopic (exact) mass is 297 g/mol. The largest absolute Gasteiger partial charge is 1.00 e. The standard InChI is InChI=1S/C13H15NO4.2Na.2H/c1-8(2)11(13(17)18)10(12(15)16)6-9-4-3-5-14-7-9;;;;/h3-5,7-8H,6H2,1-2H3,(H,15,16)(H,17,18);;;;/q;2*+1;2*-1/b11-10-;;;;. The van der Waals surface area contributed by atoms with Gasteiger partial charge < -0.3 is 13.1 Å². The molecule has 0 saturated carbocycles. The first kappa shape index (κ1) is 22.1. The molecule has 0 atom stereocenters. The van der Waals surface area contributed by atoms with Crippen LogP contribution >= 0.6 is 0 Å². The van der Waals surface area contributed by atoms with Crippen LogP contribution in [0, 0.1) is 5.92 Å². The van der Waals surface area contributed by atoms with Crippen molar-refractivity contribution in [3.63, 3.8) is 0 Å². The van der Waals surface area contributed by atoms with Crippen molar-refractivity contribution in [1.29, 1.82) is 0 Å².